The third kappa shape index (κ3) is 5.41. The van der Waals surface area contributed by atoms with Gasteiger partial charge in [0.2, 0.25) is 0 Å². The molecule has 1 aromatic rings. The lowest BCUT2D eigenvalue weighted by Gasteiger charge is -2.16. The molecular formula is C13H15ClO5. The molecule has 1 aliphatic heterocycles. The summed E-state index contributed by atoms with van der Waals surface area (Å²) in [7, 11) is 0. The van der Waals surface area contributed by atoms with Gasteiger partial charge in [-0.15, -0.1) is 0 Å². The number of para-hydroxylation sites is 1. The van der Waals surface area contributed by atoms with E-state index in [4.69, 9.17) is 35.4 Å². The van der Waals surface area contributed by atoms with Crippen molar-refractivity contribution in [2.75, 3.05) is 13.2 Å². The Bertz CT molecular complexity index is 440. The number of hydrogen-bond donors (Lipinski definition) is 0. The summed E-state index contributed by atoms with van der Waals surface area (Å²) in [5.41, 5.74) is -0.228. The molecule has 1 unspecified atom stereocenters. The van der Waals surface area contributed by atoms with E-state index in [0.29, 0.717) is 24.0 Å². The second-order valence-corrected chi connectivity index (χ2v) is 4.85. The molecule has 5 nitrogen and oxygen atoms in total. The largest absolute Gasteiger partial charge is 0.487 e. The van der Waals surface area contributed by atoms with Crippen molar-refractivity contribution in [1.82, 2.24) is 0 Å². The van der Waals surface area contributed by atoms with Crippen molar-refractivity contribution in [1.29, 1.82) is 0 Å². The quantitative estimate of drug-likeness (QED) is 0.853. The molecule has 0 radical (unpaired) electrons. The first-order valence-electron chi connectivity index (χ1n) is 5.64. The van der Waals surface area contributed by atoms with Crippen molar-refractivity contribution < 1.29 is 23.8 Å². The summed E-state index contributed by atoms with van der Waals surface area (Å²) in [6.07, 6.45) is -0.0636. The number of benzene rings is 1. The van der Waals surface area contributed by atoms with Gasteiger partial charge in [-0.3, -0.25) is 0 Å². The molecule has 1 saturated heterocycles. The summed E-state index contributed by atoms with van der Waals surface area (Å²) in [4.78, 5) is 16.2. The molecule has 0 spiro atoms. The van der Waals surface area contributed by atoms with Crippen LogP contribution in [0.4, 0.5) is 0 Å². The van der Waals surface area contributed by atoms with E-state index in [1.54, 1.807) is 6.07 Å². The number of rotatable bonds is 3. The molecule has 104 valence electrons. The summed E-state index contributed by atoms with van der Waals surface area (Å²) < 4.78 is 16.6. The fraction of sp³-hybridized carbons (Fsp3) is 0.462. The van der Waals surface area contributed by atoms with Gasteiger partial charge in [-0.2, -0.15) is 9.59 Å². The zero-order chi connectivity index (χ0) is 14.3. The summed E-state index contributed by atoms with van der Waals surface area (Å²) in [6.45, 7) is 4.92. The molecule has 0 aliphatic carbocycles. The molecule has 0 amide bonds. The Morgan fingerprint density at radius 1 is 1.42 bits per heavy atom. The maximum absolute atomic E-state index is 8.12. The first kappa shape index (κ1) is 15.7. The Balaban J connectivity index is 0.000000550. The Kier molecular flexibility index (Phi) is 5.99. The van der Waals surface area contributed by atoms with E-state index in [1.807, 2.05) is 32.0 Å². The Labute approximate surface area is 116 Å². The number of hydrogen-bond acceptors (Lipinski definition) is 5. The SMILES string of the molecule is CC1(C)COC(COc2ccccc2Cl)O1.O=C=O. The zero-order valence-electron chi connectivity index (χ0n) is 10.7. The minimum atomic E-state index is -0.314. The molecule has 1 heterocycles. The maximum Gasteiger partial charge on any atom is 0.373 e. The van der Waals surface area contributed by atoms with Gasteiger partial charge in [0.05, 0.1) is 17.2 Å². The van der Waals surface area contributed by atoms with Crippen LogP contribution in [0.1, 0.15) is 13.8 Å². The molecule has 19 heavy (non-hydrogen) atoms. The summed E-state index contributed by atoms with van der Waals surface area (Å²) in [5, 5.41) is 0.597. The monoisotopic (exact) mass is 286 g/mol. The number of halogens is 1. The van der Waals surface area contributed by atoms with E-state index in [1.165, 1.54) is 0 Å². The molecule has 0 bridgehead atoms. The highest BCUT2D eigenvalue weighted by Crippen LogP contribution is 2.26. The van der Waals surface area contributed by atoms with E-state index in [0.717, 1.165) is 0 Å². The van der Waals surface area contributed by atoms with Crippen molar-refractivity contribution in [2.45, 2.75) is 25.7 Å². The number of ether oxygens (including phenoxy) is 3. The minimum absolute atomic E-state index is 0.228. The third-order valence-electron chi connectivity index (χ3n) is 2.28. The summed E-state index contributed by atoms with van der Waals surface area (Å²) >= 11 is 5.96. The fourth-order valence-corrected chi connectivity index (χ4v) is 1.71. The van der Waals surface area contributed by atoms with Gasteiger partial charge in [-0.05, 0) is 26.0 Å². The van der Waals surface area contributed by atoms with Crippen LogP contribution in [0.15, 0.2) is 24.3 Å². The molecule has 1 aromatic carbocycles. The molecule has 1 aliphatic rings. The van der Waals surface area contributed by atoms with Crippen molar-refractivity contribution in [3.05, 3.63) is 29.3 Å². The average molecular weight is 287 g/mol. The van der Waals surface area contributed by atoms with Crippen LogP contribution in [-0.4, -0.2) is 31.3 Å². The van der Waals surface area contributed by atoms with E-state index in [-0.39, 0.29) is 18.0 Å². The van der Waals surface area contributed by atoms with Crippen molar-refractivity contribution in [3.63, 3.8) is 0 Å². The average Bonchev–Trinajstić information content (AvgIpc) is 2.69. The highest BCUT2D eigenvalue weighted by molar-refractivity contribution is 6.32. The molecule has 1 atom stereocenters. The predicted octanol–water partition coefficient (Wildman–Crippen LogP) is 2.29. The van der Waals surface area contributed by atoms with Gasteiger partial charge in [0.25, 0.3) is 0 Å². The summed E-state index contributed by atoms with van der Waals surface area (Å²) in [5.74, 6) is 0.654. The Morgan fingerprint density at radius 3 is 2.58 bits per heavy atom. The van der Waals surface area contributed by atoms with E-state index < -0.39 is 0 Å². The standard InChI is InChI=1S/C12H15ClO3.CO2/c1-12(2)8-15-11(16-12)7-14-10-6-4-3-5-9(10)13;2-1-3/h3-6,11H,7-8H2,1-2H3;. The molecule has 0 aromatic heterocycles. The normalized spacial score (nSPS) is 20.1. The second-order valence-electron chi connectivity index (χ2n) is 4.44. The van der Waals surface area contributed by atoms with Crippen molar-refractivity contribution >= 4 is 17.8 Å². The van der Waals surface area contributed by atoms with Gasteiger partial charge in [0.15, 0.2) is 6.29 Å². The third-order valence-corrected chi connectivity index (χ3v) is 2.59. The van der Waals surface area contributed by atoms with Crippen LogP contribution in [0, 0.1) is 0 Å². The van der Waals surface area contributed by atoms with Crippen LogP contribution < -0.4 is 4.74 Å². The van der Waals surface area contributed by atoms with Crippen LogP contribution in [-0.2, 0) is 19.1 Å². The van der Waals surface area contributed by atoms with Gasteiger partial charge < -0.3 is 14.2 Å². The second kappa shape index (κ2) is 7.26. The Morgan fingerprint density at radius 2 is 2.05 bits per heavy atom. The van der Waals surface area contributed by atoms with Crippen LogP contribution in [0.5, 0.6) is 5.75 Å². The topological polar surface area (TPSA) is 61.8 Å². The highest BCUT2D eigenvalue weighted by Gasteiger charge is 2.33. The van der Waals surface area contributed by atoms with E-state index in [2.05, 4.69) is 0 Å². The van der Waals surface area contributed by atoms with Gasteiger partial charge in [0.1, 0.15) is 12.4 Å². The van der Waals surface area contributed by atoms with Crippen molar-refractivity contribution in [2.24, 2.45) is 0 Å². The molecule has 1 fully saturated rings. The fourth-order valence-electron chi connectivity index (χ4n) is 1.52. The number of carbonyl (C=O) groups excluding carboxylic acids is 2. The lowest BCUT2D eigenvalue weighted by atomic mass is 10.2. The minimum Gasteiger partial charge on any atom is -0.487 e. The van der Waals surface area contributed by atoms with Crippen LogP contribution in [0.2, 0.25) is 5.02 Å². The maximum atomic E-state index is 8.12. The first-order chi connectivity index (χ1) is 8.98. The predicted molar refractivity (Wildman–Crippen MR) is 66.9 cm³/mol. The zero-order valence-corrected chi connectivity index (χ0v) is 11.5. The smallest absolute Gasteiger partial charge is 0.373 e. The van der Waals surface area contributed by atoms with Crippen LogP contribution in [0.3, 0.4) is 0 Å². The molecule has 0 N–H and O–H groups in total. The highest BCUT2D eigenvalue weighted by atomic mass is 35.5. The van der Waals surface area contributed by atoms with E-state index >= 15 is 0 Å². The Hall–Kier alpha value is -1.39. The lowest BCUT2D eigenvalue weighted by Crippen LogP contribution is -2.25. The molecule has 0 saturated carbocycles. The van der Waals surface area contributed by atoms with Crippen LogP contribution >= 0.6 is 11.6 Å². The summed E-state index contributed by atoms with van der Waals surface area (Å²) in [6, 6.07) is 7.35. The van der Waals surface area contributed by atoms with Gasteiger partial charge in [0, 0.05) is 0 Å². The molecular weight excluding hydrogens is 272 g/mol. The van der Waals surface area contributed by atoms with Gasteiger partial charge >= 0.3 is 6.15 Å². The van der Waals surface area contributed by atoms with Gasteiger partial charge in [-0.25, -0.2) is 0 Å². The van der Waals surface area contributed by atoms with Gasteiger partial charge in [-0.1, -0.05) is 23.7 Å². The molecule has 6 heteroatoms. The van der Waals surface area contributed by atoms with Crippen LogP contribution in [0.25, 0.3) is 0 Å². The lowest BCUT2D eigenvalue weighted by molar-refractivity contribution is -0.191. The molecule has 2 rings (SSSR count). The van der Waals surface area contributed by atoms with E-state index in [9.17, 15) is 0 Å². The first-order valence-corrected chi connectivity index (χ1v) is 6.02. The van der Waals surface area contributed by atoms with Crippen molar-refractivity contribution in [3.8, 4) is 5.75 Å².